The molecular weight excluding hydrogens is 437 g/mol. The van der Waals surface area contributed by atoms with E-state index in [4.69, 9.17) is 5.10 Å². The van der Waals surface area contributed by atoms with E-state index in [0.29, 0.717) is 27.5 Å². The van der Waals surface area contributed by atoms with Crippen LogP contribution in [0.15, 0.2) is 88.5 Å². The van der Waals surface area contributed by atoms with Gasteiger partial charge in [0.25, 0.3) is 5.91 Å². The average molecular weight is 458 g/mol. The molecule has 0 fully saturated rings. The topological polar surface area (TPSA) is 62.9 Å². The summed E-state index contributed by atoms with van der Waals surface area (Å²) in [5.74, 6) is -0.573. The summed E-state index contributed by atoms with van der Waals surface area (Å²) in [5, 5.41) is 6.55. The third-order valence-electron chi connectivity index (χ3n) is 5.26. The summed E-state index contributed by atoms with van der Waals surface area (Å²) in [6, 6.07) is 17.6. The number of rotatable bonds is 4. The van der Waals surface area contributed by atoms with Crippen molar-refractivity contribution in [1.29, 1.82) is 0 Å². The fourth-order valence-electron chi connectivity index (χ4n) is 3.79. The highest BCUT2D eigenvalue weighted by molar-refractivity contribution is 7.07. The van der Waals surface area contributed by atoms with Gasteiger partial charge in [-0.25, -0.2) is 14.1 Å². The number of carbonyl (C=O) groups excluding carboxylic acids is 1. The van der Waals surface area contributed by atoms with Crippen molar-refractivity contribution in [3.63, 3.8) is 0 Å². The van der Waals surface area contributed by atoms with E-state index in [1.54, 1.807) is 51.6 Å². The minimum atomic E-state index is -0.376. The number of para-hydroxylation sites is 1. The number of aromatic nitrogens is 2. The normalized spacial score (nSPS) is 15.0. The summed E-state index contributed by atoms with van der Waals surface area (Å²) in [5.41, 5.74) is 3.37. The van der Waals surface area contributed by atoms with E-state index < -0.39 is 0 Å². The Bertz CT molecular complexity index is 1440. The Labute approximate surface area is 194 Å². The van der Waals surface area contributed by atoms with Gasteiger partial charge in [0, 0.05) is 28.7 Å². The number of benzene rings is 2. The number of hydrogen-bond donors (Lipinski definition) is 0. The lowest BCUT2D eigenvalue weighted by atomic mass is 10.1. The lowest BCUT2D eigenvalue weighted by Gasteiger charge is -2.20. The molecule has 0 unspecified atom stereocenters. The maximum Gasteiger partial charge on any atom is 0.279 e. The summed E-state index contributed by atoms with van der Waals surface area (Å²) < 4.78 is 16.3. The smallest absolute Gasteiger partial charge is 0.279 e. The summed E-state index contributed by atoms with van der Waals surface area (Å²) in [6.07, 6.45) is 3.30. The van der Waals surface area contributed by atoms with Crippen molar-refractivity contribution in [2.24, 2.45) is 10.1 Å². The van der Waals surface area contributed by atoms with Crippen LogP contribution in [0.1, 0.15) is 19.4 Å². The van der Waals surface area contributed by atoms with Crippen molar-refractivity contribution in [3.05, 3.63) is 94.6 Å². The van der Waals surface area contributed by atoms with Crippen molar-refractivity contribution in [1.82, 2.24) is 9.66 Å². The van der Waals surface area contributed by atoms with Crippen molar-refractivity contribution < 1.29 is 9.18 Å². The lowest BCUT2D eigenvalue weighted by molar-refractivity contribution is -0.112. The van der Waals surface area contributed by atoms with Crippen molar-refractivity contribution >= 4 is 34.3 Å². The number of nitrogens with zero attached hydrogens (tertiary/aromatic N) is 5. The van der Waals surface area contributed by atoms with Crippen molar-refractivity contribution in [3.8, 4) is 11.3 Å². The molecule has 5 rings (SSSR count). The van der Waals surface area contributed by atoms with Gasteiger partial charge in [0.2, 0.25) is 4.80 Å². The zero-order valence-corrected chi connectivity index (χ0v) is 18.8. The number of anilines is 1. The van der Waals surface area contributed by atoms with Crippen molar-refractivity contribution in [2.75, 3.05) is 4.90 Å². The quantitative estimate of drug-likeness (QED) is 0.433. The first-order valence-electron chi connectivity index (χ1n) is 10.5. The van der Waals surface area contributed by atoms with Crippen molar-refractivity contribution in [2.45, 2.75) is 19.9 Å². The highest BCUT2D eigenvalue weighted by atomic mass is 32.1. The first-order chi connectivity index (χ1) is 16.0. The van der Waals surface area contributed by atoms with Crippen LogP contribution in [-0.4, -0.2) is 27.3 Å². The maximum atomic E-state index is 14.7. The molecule has 1 aliphatic rings. The third-order valence-corrected chi connectivity index (χ3v) is 6.08. The highest BCUT2D eigenvalue weighted by Gasteiger charge is 2.35. The van der Waals surface area contributed by atoms with E-state index in [-0.39, 0.29) is 17.8 Å². The van der Waals surface area contributed by atoms with Crippen LogP contribution in [0, 0.1) is 5.82 Å². The molecule has 0 bridgehead atoms. The first kappa shape index (κ1) is 21.0. The second kappa shape index (κ2) is 8.55. The predicted octanol–water partition coefficient (Wildman–Crippen LogP) is 4.99. The largest absolute Gasteiger partial charge is 0.304 e. The number of thiazole rings is 1. The number of fused-ring (bicyclic) bond motifs is 1. The molecule has 164 valence electrons. The Hall–Kier alpha value is -3.91. The molecule has 0 saturated carbocycles. The lowest BCUT2D eigenvalue weighted by Crippen LogP contribution is -2.36. The number of halogens is 1. The van der Waals surface area contributed by atoms with E-state index in [2.05, 4.69) is 9.98 Å². The summed E-state index contributed by atoms with van der Waals surface area (Å²) >= 11 is 1.32. The standard InChI is InChI=1S/C25H20FN5OS/c1-16(2)30-21-12-6-4-10-19(21)23(24(30)32)29-31-22(18-9-3-5-11-20(18)26)15-33-25(31)28-17-8-7-13-27-14-17/h3-16H,1-2H3. The van der Waals surface area contributed by atoms with Gasteiger partial charge in [0.15, 0.2) is 5.71 Å². The zero-order valence-electron chi connectivity index (χ0n) is 18.0. The second-order valence-electron chi connectivity index (χ2n) is 7.75. The highest BCUT2D eigenvalue weighted by Crippen LogP contribution is 2.32. The molecule has 0 N–H and O–H groups in total. The molecule has 4 aromatic rings. The molecule has 2 aromatic carbocycles. The third kappa shape index (κ3) is 3.78. The van der Waals surface area contributed by atoms with Crippen LogP contribution in [0.5, 0.6) is 0 Å². The van der Waals surface area contributed by atoms with Gasteiger partial charge >= 0.3 is 0 Å². The molecule has 6 nitrogen and oxygen atoms in total. The Kier molecular flexibility index (Phi) is 5.43. The molecular formula is C25H20FN5OS. The van der Waals surface area contributed by atoms with Gasteiger partial charge in [-0.05, 0) is 44.2 Å². The van der Waals surface area contributed by atoms with E-state index in [0.717, 1.165) is 11.3 Å². The molecule has 0 atom stereocenters. The molecule has 3 heterocycles. The van der Waals surface area contributed by atoms with Crippen LogP contribution >= 0.6 is 11.3 Å². The molecule has 33 heavy (non-hydrogen) atoms. The van der Waals surface area contributed by atoms with Crippen LogP contribution < -0.4 is 9.70 Å². The van der Waals surface area contributed by atoms with Gasteiger partial charge in [-0.15, -0.1) is 11.3 Å². The van der Waals surface area contributed by atoms with Gasteiger partial charge in [0.05, 0.1) is 23.3 Å². The monoisotopic (exact) mass is 457 g/mol. The molecule has 2 aromatic heterocycles. The zero-order chi connectivity index (χ0) is 22.9. The molecule has 0 spiro atoms. The van der Waals surface area contributed by atoms with Crippen LogP contribution in [0.3, 0.4) is 0 Å². The molecule has 1 amide bonds. The maximum absolute atomic E-state index is 14.7. The summed E-state index contributed by atoms with van der Waals surface area (Å²) in [4.78, 5) is 24.4. The van der Waals surface area contributed by atoms with Crippen LogP contribution in [0.2, 0.25) is 0 Å². The summed E-state index contributed by atoms with van der Waals surface area (Å²) in [7, 11) is 0. The van der Waals surface area contributed by atoms with Gasteiger partial charge in [-0.2, -0.15) is 5.10 Å². The molecule has 0 radical (unpaired) electrons. The molecule has 1 aliphatic heterocycles. The van der Waals surface area contributed by atoms with Gasteiger partial charge < -0.3 is 4.90 Å². The molecule has 0 aliphatic carbocycles. The van der Waals surface area contributed by atoms with E-state index in [1.807, 2.05) is 44.2 Å². The fourth-order valence-corrected chi connectivity index (χ4v) is 4.63. The minimum Gasteiger partial charge on any atom is -0.304 e. The fraction of sp³-hybridized carbons (Fsp3) is 0.120. The van der Waals surface area contributed by atoms with Gasteiger partial charge in [-0.3, -0.25) is 9.78 Å². The average Bonchev–Trinajstić information content (AvgIpc) is 3.33. The Morgan fingerprint density at radius 3 is 2.48 bits per heavy atom. The number of carbonyl (C=O) groups is 1. The number of amides is 1. The number of pyridine rings is 1. The SMILES string of the molecule is CC(C)N1C(=O)C(=Nn2c(-c3ccccc3F)csc2=Nc2cccnc2)c2ccccc21. The van der Waals surface area contributed by atoms with Crippen LogP contribution in [-0.2, 0) is 4.79 Å². The summed E-state index contributed by atoms with van der Waals surface area (Å²) in [6.45, 7) is 3.92. The number of hydrogen-bond acceptors (Lipinski definition) is 5. The second-order valence-corrected chi connectivity index (χ2v) is 8.59. The van der Waals surface area contributed by atoms with Crippen LogP contribution in [0.25, 0.3) is 11.3 Å². The van der Waals surface area contributed by atoms with Crippen LogP contribution in [0.4, 0.5) is 15.8 Å². The van der Waals surface area contributed by atoms with E-state index >= 15 is 0 Å². The predicted molar refractivity (Wildman–Crippen MR) is 128 cm³/mol. The Morgan fingerprint density at radius 1 is 1.00 bits per heavy atom. The van der Waals surface area contributed by atoms with Gasteiger partial charge in [-0.1, -0.05) is 30.3 Å². The molecule has 0 saturated heterocycles. The minimum absolute atomic E-state index is 0.0376. The van der Waals surface area contributed by atoms with E-state index in [9.17, 15) is 9.18 Å². The molecule has 8 heteroatoms. The Morgan fingerprint density at radius 2 is 1.76 bits per heavy atom. The Balaban J connectivity index is 1.76. The van der Waals surface area contributed by atoms with Gasteiger partial charge in [0.1, 0.15) is 5.82 Å². The first-order valence-corrected chi connectivity index (χ1v) is 11.3. The van der Waals surface area contributed by atoms with E-state index in [1.165, 1.54) is 17.4 Å².